The van der Waals surface area contributed by atoms with Crippen LogP contribution in [0.2, 0.25) is 0 Å². The molecule has 0 bridgehead atoms. The molecule has 1 heterocycles. The number of hydrogen-bond acceptors (Lipinski definition) is 4. The summed E-state index contributed by atoms with van der Waals surface area (Å²) in [6, 6.07) is 0. The Morgan fingerprint density at radius 3 is 2.53 bits per heavy atom. The molecule has 1 saturated heterocycles. The Hall–Kier alpha value is 0.0200. The SMILES string of the molecule is CSC(C)(OCCOC1CCOC1)C(F)(F)F. The lowest BCUT2D eigenvalue weighted by atomic mass is 10.3. The van der Waals surface area contributed by atoms with Gasteiger partial charge in [0.25, 0.3) is 0 Å². The van der Waals surface area contributed by atoms with Crippen LogP contribution in [0.1, 0.15) is 13.3 Å². The van der Waals surface area contributed by atoms with Crippen LogP contribution in [-0.4, -0.2) is 49.9 Å². The van der Waals surface area contributed by atoms with E-state index in [2.05, 4.69) is 0 Å². The number of ether oxygens (including phenoxy) is 3. The van der Waals surface area contributed by atoms with Gasteiger partial charge in [-0.15, -0.1) is 11.8 Å². The Balaban J connectivity index is 2.23. The standard InChI is InChI=1S/C10H17F3O3S/c1-9(17-2,10(11,12)13)16-6-5-15-8-3-4-14-7-8/h8H,3-7H2,1-2H3. The molecule has 2 unspecified atom stereocenters. The first-order valence-corrected chi connectivity index (χ1v) is 6.57. The van der Waals surface area contributed by atoms with Crippen molar-refractivity contribution in [2.45, 2.75) is 30.6 Å². The van der Waals surface area contributed by atoms with Gasteiger partial charge in [0, 0.05) is 6.61 Å². The lowest BCUT2D eigenvalue weighted by Crippen LogP contribution is -2.42. The molecule has 0 spiro atoms. The van der Waals surface area contributed by atoms with Gasteiger partial charge in [-0.2, -0.15) is 13.2 Å². The molecule has 1 fully saturated rings. The maximum atomic E-state index is 12.6. The van der Waals surface area contributed by atoms with Gasteiger partial charge in [0.15, 0.2) is 0 Å². The molecule has 0 radical (unpaired) electrons. The molecule has 102 valence electrons. The summed E-state index contributed by atoms with van der Waals surface area (Å²) in [5.41, 5.74) is 0. The monoisotopic (exact) mass is 274 g/mol. The van der Waals surface area contributed by atoms with Crippen molar-refractivity contribution in [3.8, 4) is 0 Å². The van der Waals surface area contributed by atoms with E-state index in [9.17, 15) is 13.2 Å². The fourth-order valence-corrected chi connectivity index (χ4v) is 1.78. The average Bonchev–Trinajstić information content (AvgIpc) is 2.75. The summed E-state index contributed by atoms with van der Waals surface area (Å²) in [5, 5.41) is 0. The largest absolute Gasteiger partial charge is 0.426 e. The molecule has 0 saturated carbocycles. The van der Waals surface area contributed by atoms with Crippen LogP contribution in [0, 0.1) is 0 Å². The molecule has 0 aromatic carbocycles. The zero-order valence-electron chi connectivity index (χ0n) is 9.88. The van der Waals surface area contributed by atoms with Crippen molar-refractivity contribution in [2.75, 3.05) is 32.7 Å². The Labute approximate surface area is 103 Å². The summed E-state index contributed by atoms with van der Waals surface area (Å²) in [7, 11) is 0. The van der Waals surface area contributed by atoms with Crippen LogP contribution < -0.4 is 0 Å². The third kappa shape index (κ3) is 4.31. The maximum absolute atomic E-state index is 12.6. The van der Waals surface area contributed by atoms with Crippen LogP contribution in [0.25, 0.3) is 0 Å². The number of hydrogen-bond donors (Lipinski definition) is 0. The fourth-order valence-electron chi connectivity index (χ4n) is 1.35. The summed E-state index contributed by atoms with van der Waals surface area (Å²) in [4.78, 5) is -2.16. The second-order valence-electron chi connectivity index (χ2n) is 3.85. The van der Waals surface area contributed by atoms with Crippen LogP contribution in [0.3, 0.4) is 0 Å². The van der Waals surface area contributed by atoms with Crippen LogP contribution in [-0.2, 0) is 14.2 Å². The summed E-state index contributed by atoms with van der Waals surface area (Å²) in [5.74, 6) is 0. The van der Waals surface area contributed by atoms with Gasteiger partial charge in [0.05, 0.1) is 25.9 Å². The van der Waals surface area contributed by atoms with E-state index < -0.39 is 11.1 Å². The highest BCUT2D eigenvalue weighted by molar-refractivity contribution is 7.99. The fraction of sp³-hybridized carbons (Fsp3) is 1.00. The van der Waals surface area contributed by atoms with E-state index in [-0.39, 0.29) is 19.3 Å². The first-order valence-electron chi connectivity index (χ1n) is 5.34. The molecule has 0 aliphatic carbocycles. The second kappa shape index (κ2) is 6.26. The Bertz CT molecular complexity index is 231. The number of halogens is 3. The predicted octanol–water partition coefficient (Wildman–Crippen LogP) is 2.45. The van der Waals surface area contributed by atoms with Crippen molar-refractivity contribution in [1.29, 1.82) is 0 Å². The smallest absolute Gasteiger partial charge is 0.379 e. The van der Waals surface area contributed by atoms with E-state index in [4.69, 9.17) is 14.2 Å². The first kappa shape index (κ1) is 15.1. The summed E-state index contributed by atoms with van der Waals surface area (Å²) < 4.78 is 53.2. The highest BCUT2D eigenvalue weighted by Crippen LogP contribution is 2.40. The van der Waals surface area contributed by atoms with Crippen molar-refractivity contribution >= 4 is 11.8 Å². The van der Waals surface area contributed by atoms with Crippen LogP contribution >= 0.6 is 11.8 Å². The normalized spacial score (nSPS) is 24.9. The van der Waals surface area contributed by atoms with Crippen molar-refractivity contribution in [1.82, 2.24) is 0 Å². The summed E-state index contributed by atoms with van der Waals surface area (Å²) in [6.07, 6.45) is -2.23. The minimum Gasteiger partial charge on any atom is -0.379 e. The van der Waals surface area contributed by atoms with Crippen molar-refractivity contribution < 1.29 is 27.4 Å². The highest BCUT2D eigenvalue weighted by atomic mass is 32.2. The number of rotatable bonds is 6. The maximum Gasteiger partial charge on any atom is 0.426 e. The first-order chi connectivity index (χ1) is 7.89. The zero-order valence-corrected chi connectivity index (χ0v) is 10.7. The topological polar surface area (TPSA) is 27.7 Å². The van der Waals surface area contributed by atoms with Gasteiger partial charge in [0.1, 0.15) is 0 Å². The molecule has 0 amide bonds. The predicted molar refractivity (Wildman–Crippen MR) is 59.1 cm³/mol. The Morgan fingerprint density at radius 2 is 2.06 bits per heavy atom. The summed E-state index contributed by atoms with van der Waals surface area (Å²) in [6.45, 7) is 2.26. The Kier molecular flexibility index (Phi) is 5.56. The lowest BCUT2D eigenvalue weighted by Gasteiger charge is -2.30. The van der Waals surface area contributed by atoms with Gasteiger partial charge in [-0.05, 0) is 19.6 Å². The van der Waals surface area contributed by atoms with E-state index in [1.165, 1.54) is 6.26 Å². The molecule has 3 nitrogen and oxygen atoms in total. The highest BCUT2D eigenvalue weighted by Gasteiger charge is 2.52. The molecule has 1 aliphatic heterocycles. The van der Waals surface area contributed by atoms with Gasteiger partial charge < -0.3 is 14.2 Å². The number of alkyl halides is 3. The molecule has 0 aromatic heterocycles. The zero-order chi connectivity index (χ0) is 12.9. The molecule has 2 atom stereocenters. The van der Waals surface area contributed by atoms with Gasteiger partial charge in [-0.1, -0.05) is 0 Å². The quantitative estimate of drug-likeness (QED) is 0.549. The minimum atomic E-state index is -4.39. The third-order valence-corrected chi connectivity index (χ3v) is 3.74. The molecular weight excluding hydrogens is 257 g/mol. The lowest BCUT2D eigenvalue weighted by molar-refractivity contribution is -0.233. The van der Waals surface area contributed by atoms with Crippen LogP contribution in [0.4, 0.5) is 13.2 Å². The molecule has 17 heavy (non-hydrogen) atoms. The second-order valence-corrected chi connectivity index (χ2v) is 5.04. The van der Waals surface area contributed by atoms with E-state index in [1.54, 1.807) is 0 Å². The molecule has 0 aromatic rings. The molecule has 1 aliphatic rings. The van der Waals surface area contributed by atoms with Gasteiger partial charge in [-0.3, -0.25) is 0 Å². The van der Waals surface area contributed by atoms with E-state index >= 15 is 0 Å². The minimum absolute atomic E-state index is 0.00924. The summed E-state index contributed by atoms with van der Waals surface area (Å²) >= 11 is 0.634. The molecule has 0 N–H and O–H groups in total. The van der Waals surface area contributed by atoms with Crippen molar-refractivity contribution in [2.24, 2.45) is 0 Å². The van der Waals surface area contributed by atoms with E-state index in [1.807, 2.05) is 0 Å². The van der Waals surface area contributed by atoms with E-state index in [0.717, 1.165) is 13.3 Å². The van der Waals surface area contributed by atoms with Gasteiger partial charge in [0.2, 0.25) is 4.93 Å². The van der Waals surface area contributed by atoms with Crippen LogP contribution in [0.5, 0.6) is 0 Å². The van der Waals surface area contributed by atoms with Gasteiger partial charge in [-0.25, -0.2) is 0 Å². The van der Waals surface area contributed by atoms with Crippen LogP contribution in [0.15, 0.2) is 0 Å². The Morgan fingerprint density at radius 1 is 1.35 bits per heavy atom. The average molecular weight is 274 g/mol. The third-order valence-electron chi connectivity index (χ3n) is 2.61. The molecular formula is C10H17F3O3S. The number of thioether (sulfide) groups is 1. The van der Waals surface area contributed by atoms with Crippen molar-refractivity contribution in [3.63, 3.8) is 0 Å². The molecule has 7 heteroatoms. The van der Waals surface area contributed by atoms with E-state index in [0.29, 0.717) is 25.0 Å². The molecule has 1 rings (SSSR count). The van der Waals surface area contributed by atoms with Gasteiger partial charge >= 0.3 is 6.18 Å². The van der Waals surface area contributed by atoms with Crippen molar-refractivity contribution in [3.05, 3.63) is 0 Å².